The summed E-state index contributed by atoms with van der Waals surface area (Å²) >= 11 is 5.92. The molecule has 0 amide bonds. The molecule has 0 aliphatic rings. The molecular weight excluding hydrogens is 246 g/mol. The van der Waals surface area contributed by atoms with Gasteiger partial charge in [0.1, 0.15) is 5.82 Å². The minimum atomic E-state index is 0.401. The smallest absolute Gasteiger partial charge is 0.164 e. The van der Waals surface area contributed by atoms with Crippen molar-refractivity contribution in [3.63, 3.8) is 0 Å². The normalized spacial score (nSPS) is 10.9. The molecule has 1 aromatic carbocycles. The first kappa shape index (κ1) is 13.1. The second-order valence-electron chi connectivity index (χ2n) is 4.49. The lowest BCUT2D eigenvalue weighted by atomic mass is 10.0. The molecule has 0 saturated carbocycles. The van der Waals surface area contributed by atoms with Gasteiger partial charge < -0.3 is 4.57 Å². The van der Waals surface area contributed by atoms with Crippen LogP contribution < -0.4 is 0 Å². The third-order valence-electron chi connectivity index (χ3n) is 3.10. The molecule has 0 saturated heterocycles. The fraction of sp³-hybridized carbons (Fsp3) is 0.429. The van der Waals surface area contributed by atoms with Gasteiger partial charge in [-0.2, -0.15) is 0 Å². The zero-order valence-corrected chi connectivity index (χ0v) is 11.8. The largest absolute Gasteiger partial charge is 0.310 e. The molecule has 0 N–H and O–H groups in total. The SMILES string of the molecule is CCCn1c(CCl)nnc1-c1c(C)cccc1C. The van der Waals surface area contributed by atoms with E-state index in [1.807, 2.05) is 0 Å². The monoisotopic (exact) mass is 263 g/mol. The number of rotatable bonds is 4. The van der Waals surface area contributed by atoms with E-state index in [4.69, 9.17) is 11.6 Å². The first-order valence-corrected chi connectivity index (χ1v) is 6.77. The summed E-state index contributed by atoms with van der Waals surface area (Å²) in [6, 6.07) is 6.28. The van der Waals surface area contributed by atoms with E-state index in [9.17, 15) is 0 Å². The topological polar surface area (TPSA) is 30.7 Å². The predicted octanol–water partition coefficient (Wildman–Crippen LogP) is 3.71. The molecule has 0 aliphatic carbocycles. The Morgan fingerprint density at radius 2 is 1.83 bits per heavy atom. The molecule has 2 aromatic rings. The number of nitrogens with zero attached hydrogens (tertiary/aromatic N) is 3. The molecule has 0 spiro atoms. The van der Waals surface area contributed by atoms with Crippen LogP contribution in [0.4, 0.5) is 0 Å². The number of aromatic nitrogens is 3. The van der Waals surface area contributed by atoms with Gasteiger partial charge in [-0.25, -0.2) is 0 Å². The summed E-state index contributed by atoms with van der Waals surface area (Å²) in [5.74, 6) is 2.18. The van der Waals surface area contributed by atoms with Gasteiger partial charge in [0.15, 0.2) is 5.82 Å². The fourth-order valence-electron chi connectivity index (χ4n) is 2.24. The maximum absolute atomic E-state index is 5.92. The molecule has 1 aromatic heterocycles. The highest BCUT2D eigenvalue weighted by atomic mass is 35.5. The third-order valence-corrected chi connectivity index (χ3v) is 3.34. The van der Waals surface area contributed by atoms with Crippen LogP contribution in [0, 0.1) is 13.8 Å². The quantitative estimate of drug-likeness (QED) is 0.788. The number of halogens is 1. The zero-order valence-electron chi connectivity index (χ0n) is 11.1. The highest BCUT2D eigenvalue weighted by Gasteiger charge is 2.15. The lowest BCUT2D eigenvalue weighted by molar-refractivity contribution is 0.659. The first-order chi connectivity index (χ1) is 8.69. The molecule has 0 unspecified atom stereocenters. The van der Waals surface area contributed by atoms with Crippen molar-refractivity contribution in [1.82, 2.24) is 14.8 Å². The Kier molecular flexibility index (Phi) is 4.02. The highest BCUT2D eigenvalue weighted by molar-refractivity contribution is 6.16. The number of benzene rings is 1. The van der Waals surface area contributed by atoms with Crippen LogP contribution in [0.1, 0.15) is 30.3 Å². The number of hydrogen-bond donors (Lipinski definition) is 0. The summed E-state index contributed by atoms with van der Waals surface area (Å²) in [5.41, 5.74) is 3.62. The molecule has 0 radical (unpaired) electrons. The molecule has 3 nitrogen and oxygen atoms in total. The Bertz CT molecular complexity index is 526. The molecule has 1 heterocycles. The molecule has 2 rings (SSSR count). The second kappa shape index (κ2) is 5.53. The minimum absolute atomic E-state index is 0.401. The van der Waals surface area contributed by atoms with Gasteiger partial charge >= 0.3 is 0 Å². The van der Waals surface area contributed by atoms with E-state index in [1.54, 1.807) is 0 Å². The molecule has 0 bridgehead atoms. The van der Waals surface area contributed by atoms with Crippen LogP contribution in [-0.2, 0) is 12.4 Å². The Hall–Kier alpha value is -1.35. The summed E-state index contributed by atoms with van der Waals surface area (Å²) in [6.07, 6.45) is 1.04. The van der Waals surface area contributed by atoms with Crippen LogP contribution in [0.5, 0.6) is 0 Å². The van der Waals surface area contributed by atoms with Crippen LogP contribution in [0.3, 0.4) is 0 Å². The highest BCUT2D eigenvalue weighted by Crippen LogP contribution is 2.26. The van der Waals surface area contributed by atoms with Crippen molar-refractivity contribution in [2.45, 2.75) is 39.6 Å². The van der Waals surface area contributed by atoms with Crippen molar-refractivity contribution >= 4 is 11.6 Å². The van der Waals surface area contributed by atoms with Crippen LogP contribution in [0.15, 0.2) is 18.2 Å². The van der Waals surface area contributed by atoms with E-state index >= 15 is 0 Å². The molecule has 4 heteroatoms. The van der Waals surface area contributed by atoms with E-state index in [0.717, 1.165) is 24.6 Å². The average molecular weight is 264 g/mol. The summed E-state index contributed by atoms with van der Waals surface area (Å²) in [5, 5.41) is 8.52. The van der Waals surface area contributed by atoms with Gasteiger partial charge in [0.25, 0.3) is 0 Å². The van der Waals surface area contributed by atoms with Crippen molar-refractivity contribution < 1.29 is 0 Å². The van der Waals surface area contributed by atoms with Crippen molar-refractivity contribution in [3.05, 3.63) is 35.2 Å². The molecule has 96 valence electrons. The second-order valence-corrected chi connectivity index (χ2v) is 4.76. The van der Waals surface area contributed by atoms with Gasteiger partial charge in [0, 0.05) is 12.1 Å². The standard InChI is InChI=1S/C14H18ClN3/c1-4-8-18-12(9-15)16-17-14(18)13-10(2)6-5-7-11(13)3/h5-7H,4,8-9H2,1-3H3. The number of aryl methyl sites for hydroxylation is 2. The van der Waals surface area contributed by atoms with Gasteiger partial charge in [-0.15, -0.1) is 21.8 Å². The van der Waals surface area contributed by atoms with Gasteiger partial charge in [-0.05, 0) is 31.4 Å². The van der Waals surface area contributed by atoms with Gasteiger partial charge in [-0.3, -0.25) is 0 Å². The number of hydrogen-bond acceptors (Lipinski definition) is 2. The van der Waals surface area contributed by atoms with E-state index in [2.05, 4.69) is 53.7 Å². The Balaban J connectivity index is 2.60. The molecular formula is C14H18ClN3. The van der Waals surface area contributed by atoms with Gasteiger partial charge in [0.2, 0.25) is 0 Å². The maximum atomic E-state index is 5.92. The van der Waals surface area contributed by atoms with Crippen LogP contribution in [0.25, 0.3) is 11.4 Å². The van der Waals surface area contributed by atoms with Crippen LogP contribution in [0.2, 0.25) is 0 Å². The first-order valence-electron chi connectivity index (χ1n) is 6.23. The van der Waals surface area contributed by atoms with Crippen molar-refractivity contribution in [1.29, 1.82) is 0 Å². The maximum Gasteiger partial charge on any atom is 0.164 e. The molecule has 0 atom stereocenters. The predicted molar refractivity (Wildman–Crippen MR) is 74.8 cm³/mol. The third kappa shape index (κ3) is 2.27. The molecule has 18 heavy (non-hydrogen) atoms. The summed E-state index contributed by atoms with van der Waals surface area (Å²) in [6.45, 7) is 7.26. The Morgan fingerprint density at radius 1 is 1.17 bits per heavy atom. The molecule has 0 fully saturated rings. The van der Waals surface area contributed by atoms with E-state index in [1.165, 1.54) is 16.7 Å². The Morgan fingerprint density at radius 3 is 2.39 bits per heavy atom. The van der Waals surface area contributed by atoms with Crippen molar-refractivity contribution in [3.8, 4) is 11.4 Å². The van der Waals surface area contributed by atoms with E-state index in [-0.39, 0.29) is 0 Å². The van der Waals surface area contributed by atoms with Gasteiger partial charge in [-0.1, -0.05) is 25.1 Å². The average Bonchev–Trinajstić information content (AvgIpc) is 2.73. The minimum Gasteiger partial charge on any atom is -0.310 e. The Labute approximate surface area is 113 Å². The lowest BCUT2D eigenvalue weighted by Crippen LogP contribution is -2.05. The summed E-state index contributed by atoms with van der Waals surface area (Å²) in [4.78, 5) is 0. The van der Waals surface area contributed by atoms with Crippen LogP contribution in [-0.4, -0.2) is 14.8 Å². The molecule has 0 aliphatic heterocycles. The fourth-order valence-corrected chi connectivity index (χ4v) is 2.44. The van der Waals surface area contributed by atoms with Crippen molar-refractivity contribution in [2.75, 3.05) is 0 Å². The number of alkyl halides is 1. The lowest BCUT2D eigenvalue weighted by Gasteiger charge is -2.12. The van der Waals surface area contributed by atoms with Crippen LogP contribution >= 0.6 is 11.6 Å². The zero-order chi connectivity index (χ0) is 13.1. The summed E-state index contributed by atoms with van der Waals surface area (Å²) in [7, 11) is 0. The van der Waals surface area contributed by atoms with E-state index < -0.39 is 0 Å². The van der Waals surface area contributed by atoms with Gasteiger partial charge in [0.05, 0.1) is 5.88 Å². The summed E-state index contributed by atoms with van der Waals surface area (Å²) < 4.78 is 2.13. The van der Waals surface area contributed by atoms with E-state index in [0.29, 0.717) is 5.88 Å². The van der Waals surface area contributed by atoms with Crippen molar-refractivity contribution in [2.24, 2.45) is 0 Å².